The lowest BCUT2D eigenvalue weighted by molar-refractivity contribution is 0.452. The van der Waals surface area contributed by atoms with E-state index in [-0.39, 0.29) is 23.0 Å². The highest BCUT2D eigenvalue weighted by molar-refractivity contribution is 7.89. The highest BCUT2D eigenvalue weighted by Crippen LogP contribution is 2.19. The Kier molecular flexibility index (Phi) is 4.26. The molecule has 0 saturated heterocycles. The van der Waals surface area contributed by atoms with Crippen LogP contribution in [0, 0.1) is 11.3 Å². The van der Waals surface area contributed by atoms with Crippen molar-refractivity contribution >= 4 is 15.7 Å². The molecule has 0 aliphatic rings. The maximum absolute atomic E-state index is 12.2. The van der Waals surface area contributed by atoms with Crippen molar-refractivity contribution in [2.24, 2.45) is 0 Å². The largest absolute Gasteiger partial charge is 0.444 e. The Labute approximate surface area is 122 Å². The number of benzene rings is 1. The molecule has 3 N–H and O–H groups in total. The number of aryl methyl sites for hydroxylation is 1. The summed E-state index contributed by atoms with van der Waals surface area (Å²) in [5, 5.41) is 8.74. The van der Waals surface area contributed by atoms with Crippen LogP contribution in [-0.4, -0.2) is 13.4 Å². The zero-order valence-electron chi connectivity index (χ0n) is 11.3. The average Bonchev–Trinajstić information content (AvgIpc) is 2.93. The molecule has 0 saturated carbocycles. The number of nitriles is 1. The van der Waals surface area contributed by atoms with Crippen molar-refractivity contribution < 1.29 is 12.8 Å². The smallest absolute Gasteiger partial charge is 0.243 e. The Hall–Kier alpha value is -2.37. The fourth-order valence-electron chi connectivity index (χ4n) is 1.69. The van der Waals surface area contributed by atoms with Gasteiger partial charge < -0.3 is 10.2 Å². The molecular formula is C13H14N4O3S. The highest BCUT2D eigenvalue weighted by Gasteiger charge is 2.18. The van der Waals surface area contributed by atoms with Crippen molar-refractivity contribution in [2.75, 3.05) is 5.73 Å². The quantitative estimate of drug-likeness (QED) is 0.799. The van der Waals surface area contributed by atoms with Crippen molar-refractivity contribution in [3.05, 3.63) is 41.6 Å². The minimum absolute atomic E-state index is 0.0169. The van der Waals surface area contributed by atoms with Gasteiger partial charge in [-0.2, -0.15) is 5.26 Å². The van der Waals surface area contributed by atoms with Crippen LogP contribution in [0.5, 0.6) is 0 Å². The lowest BCUT2D eigenvalue weighted by Crippen LogP contribution is -2.24. The zero-order valence-corrected chi connectivity index (χ0v) is 12.1. The number of rotatable bonds is 5. The summed E-state index contributed by atoms with van der Waals surface area (Å²) in [5.41, 5.74) is 5.98. The number of nitrogens with zero attached hydrogens (tertiary/aromatic N) is 2. The standard InChI is InChI=1S/C13H14N4O3S/c1-2-10-7-16-13(20-10)8-17-21(18,19)12-4-3-9(6-14)5-11(12)15/h3-5,7,17H,2,8,15H2,1H3. The molecule has 21 heavy (non-hydrogen) atoms. The van der Waals surface area contributed by atoms with Gasteiger partial charge in [0, 0.05) is 6.42 Å². The predicted molar refractivity (Wildman–Crippen MR) is 75.5 cm³/mol. The number of nitrogens with one attached hydrogen (secondary N) is 1. The van der Waals surface area contributed by atoms with Crippen LogP contribution in [0.25, 0.3) is 0 Å². The number of hydrogen-bond acceptors (Lipinski definition) is 6. The first-order chi connectivity index (χ1) is 9.96. The molecule has 1 aromatic heterocycles. The third-order valence-corrected chi connectivity index (χ3v) is 4.27. The first kappa shape index (κ1) is 15.0. The molecule has 2 aromatic rings. The Morgan fingerprint density at radius 2 is 2.24 bits per heavy atom. The molecule has 7 nitrogen and oxygen atoms in total. The van der Waals surface area contributed by atoms with Gasteiger partial charge in [-0.1, -0.05) is 6.92 Å². The fourth-order valence-corrected chi connectivity index (χ4v) is 2.78. The molecule has 0 radical (unpaired) electrons. The molecule has 110 valence electrons. The maximum Gasteiger partial charge on any atom is 0.243 e. The molecule has 8 heteroatoms. The number of nitrogens with two attached hydrogens (primary N) is 1. The van der Waals surface area contributed by atoms with Crippen LogP contribution in [-0.2, 0) is 23.0 Å². The second-order valence-electron chi connectivity index (χ2n) is 4.26. The fraction of sp³-hybridized carbons (Fsp3) is 0.231. The zero-order chi connectivity index (χ0) is 15.5. The number of hydrogen-bond donors (Lipinski definition) is 2. The molecule has 1 aromatic carbocycles. The van der Waals surface area contributed by atoms with Crippen LogP contribution < -0.4 is 10.5 Å². The third-order valence-electron chi connectivity index (χ3n) is 2.79. The first-order valence-corrected chi connectivity index (χ1v) is 7.67. The summed E-state index contributed by atoms with van der Waals surface area (Å²) in [6, 6.07) is 5.90. The summed E-state index contributed by atoms with van der Waals surface area (Å²) < 4.78 is 32.0. The number of anilines is 1. The van der Waals surface area contributed by atoms with Gasteiger partial charge in [-0.3, -0.25) is 0 Å². The predicted octanol–water partition coefficient (Wildman–Crippen LogP) is 1.17. The van der Waals surface area contributed by atoms with E-state index < -0.39 is 10.0 Å². The van der Waals surface area contributed by atoms with E-state index in [1.165, 1.54) is 18.2 Å². The topological polar surface area (TPSA) is 122 Å². The minimum atomic E-state index is -3.80. The van der Waals surface area contributed by atoms with Crippen molar-refractivity contribution in [1.82, 2.24) is 9.71 Å². The molecule has 1 heterocycles. The van der Waals surface area contributed by atoms with E-state index in [1.54, 1.807) is 6.20 Å². The molecule has 0 unspecified atom stereocenters. The molecule has 0 aliphatic carbocycles. The Bertz CT molecular complexity index is 790. The number of nitrogen functional groups attached to an aromatic ring is 1. The SMILES string of the molecule is CCc1cnc(CNS(=O)(=O)c2ccc(C#N)cc2N)o1. The van der Waals surface area contributed by atoms with Crippen molar-refractivity contribution in [3.63, 3.8) is 0 Å². The Morgan fingerprint density at radius 3 is 2.81 bits per heavy atom. The van der Waals surface area contributed by atoms with E-state index >= 15 is 0 Å². The van der Waals surface area contributed by atoms with E-state index in [2.05, 4.69) is 9.71 Å². The Balaban J connectivity index is 2.17. The van der Waals surface area contributed by atoms with Crippen LogP contribution in [0.3, 0.4) is 0 Å². The summed E-state index contributed by atoms with van der Waals surface area (Å²) in [7, 11) is -3.80. The Morgan fingerprint density at radius 1 is 1.48 bits per heavy atom. The van der Waals surface area contributed by atoms with E-state index in [9.17, 15) is 8.42 Å². The molecule has 0 spiro atoms. The minimum Gasteiger partial charge on any atom is -0.444 e. The molecule has 0 atom stereocenters. The summed E-state index contributed by atoms with van der Waals surface area (Å²) in [5.74, 6) is 0.963. The van der Waals surface area contributed by atoms with Gasteiger partial charge in [0.1, 0.15) is 10.7 Å². The van der Waals surface area contributed by atoms with Crippen molar-refractivity contribution in [3.8, 4) is 6.07 Å². The van der Waals surface area contributed by atoms with E-state index in [4.69, 9.17) is 15.4 Å². The van der Waals surface area contributed by atoms with Gasteiger partial charge in [0.25, 0.3) is 0 Å². The summed E-state index contributed by atoms with van der Waals surface area (Å²) in [6.07, 6.45) is 2.24. The van der Waals surface area contributed by atoms with Gasteiger partial charge in [0.15, 0.2) is 0 Å². The number of sulfonamides is 1. The summed E-state index contributed by atoms with van der Waals surface area (Å²) in [6.45, 7) is 1.84. The lowest BCUT2D eigenvalue weighted by atomic mass is 10.2. The summed E-state index contributed by atoms with van der Waals surface area (Å²) >= 11 is 0. The highest BCUT2D eigenvalue weighted by atomic mass is 32.2. The second kappa shape index (κ2) is 5.95. The van der Waals surface area contributed by atoms with Gasteiger partial charge in [0.05, 0.1) is 30.1 Å². The molecule has 0 amide bonds. The molecular weight excluding hydrogens is 292 g/mol. The normalized spacial score (nSPS) is 11.2. The van der Waals surface area contributed by atoms with Crippen molar-refractivity contribution in [1.29, 1.82) is 5.26 Å². The van der Waals surface area contributed by atoms with E-state index in [1.807, 2.05) is 13.0 Å². The van der Waals surface area contributed by atoms with Gasteiger partial charge in [-0.25, -0.2) is 18.1 Å². The van der Waals surface area contributed by atoms with Crippen LogP contribution in [0.4, 0.5) is 5.69 Å². The third kappa shape index (κ3) is 3.39. The van der Waals surface area contributed by atoms with Crippen LogP contribution in [0.15, 0.2) is 33.7 Å². The molecule has 0 fully saturated rings. The second-order valence-corrected chi connectivity index (χ2v) is 6.00. The molecule has 0 aliphatic heterocycles. The molecule has 0 bridgehead atoms. The maximum atomic E-state index is 12.2. The van der Waals surface area contributed by atoms with Gasteiger partial charge in [-0.05, 0) is 18.2 Å². The van der Waals surface area contributed by atoms with E-state index in [0.717, 1.165) is 0 Å². The van der Waals surface area contributed by atoms with Gasteiger partial charge >= 0.3 is 0 Å². The number of oxazole rings is 1. The average molecular weight is 306 g/mol. The van der Waals surface area contributed by atoms with Crippen molar-refractivity contribution in [2.45, 2.75) is 24.8 Å². The monoisotopic (exact) mass is 306 g/mol. The molecule has 2 rings (SSSR count). The van der Waals surface area contributed by atoms with Crippen LogP contribution >= 0.6 is 0 Å². The van der Waals surface area contributed by atoms with E-state index in [0.29, 0.717) is 17.7 Å². The van der Waals surface area contributed by atoms with Crippen LogP contribution in [0.1, 0.15) is 24.1 Å². The van der Waals surface area contributed by atoms with Gasteiger partial charge in [-0.15, -0.1) is 0 Å². The number of aromatic nitrogens is 1. The lowest BCUT2D eigenvalue weighted by Gasteiger charge is -2.07. The van der Waals surface area contributed by atoms with Crippen LogP contribution in [0.2, 0.25) is 0 Å². The van der Waals surface area contributed by atoms with Gasteiger partial charge in [0.2, 0.25) is 15.9 Å². The summed E-state index contributed by atoms with van der Waals surface area (Å²) in [4.78, 5) is 3.89. The first-order valence-electron chi connectivity index (χ1n) is 6.19.